The Labute approximate surface area is 126 Å². The lowest BCUT2D eigenvalue weighted by Crippen LogP contribution is -2.52. The van der Waals surface area contributed by atoms with Gasteiger partial charge in [-0.05, 0) is 17.4 Å². The van der Waals surface area contributed by atoms with Crippen LogP contribution in [0.4, 0.5) is 0 Å². The topological polar surface area (TPSA) is 49.3 Å². The lowest BCUT2D eigenvalue weighted by molar-refractivity contribution is -0.112. The Morgan fingerprint density at radius 1 is 1.30 bits per heavy atom. The smallest absolute Gasteiger partial charge is 0.137 e. The number of nitrogens with one attached hydrogen (secondary N) is 1. The maximum atomic E-state index is 11.3. The van der Waals surface area contributed by atoms with E-state index in [4.69, 9.17) is 11.6 Å². The van der Waals surface area contributed by atoms with Gasteiger partial charge in [0.25, 0.3) is 0 Å². The van der Waals surface area contributed by atoms with E-state index >= 15 is 0 Å². The van der Waals surface area contributed by atoms with Gasteiger partial charge in [-0.2, -0.15) is 0 Å². The molecule has 0 aliphatic heterocycles. The highest BCUT2D eigenvalue weighted by Crippen LogP contribution is 2.19. The van der Waals surface area contributed by atoms with Gasteiger partial charge < -0.3 is 15.2 Å². The molecule has 0 fully saturated rings. The number of rotatable bonds is 7. The Kier molecular flexibility index (Phi) is 6.66. The second kappa shape index (κ2) is 7.77. The minimum atomic E-state index is -0.693. The summed E-state index contributed by atoms with van der Waals surface area (Å²) in [4.78, 5) is 11.3. The molecule has 20 heavy (non-hydrogen) atoms. The van der Waals surface area contributed by atoms with Crippen molar-refractivity contribution in [2.24, 2.45) is 5.41 Å². The van der Waals surface area contributed by atoms with Crippen molar-refractivity contribution in [2.45, 2.75) is 45.4 Å². The van der Waals surface area contributed by atoms with Crippen LogP contribution in [0.2, 0.25) is 0 Å². The zero-order valence-corrected chi connectivity index (χ0v) is 13.1. The molecule has 2 N–H and O–H groups in total. The largest absolute Gasteiger partial charge is 0.390 e. The number of carbonyl (C=O) groups excluding carboxylic acids is 1. The van der Waals surface area contributed by atoms with Crippen molar-refractivity contribution in [3.8, 4) is 0 Å². The van der Waals surface area contributed by atoms with E-state index in [0.717, 1.165) is 11.8 Å². The SMILES string of the molecule is CC(C)(C)C(C=O)N[C@@H](Cc1ccccc1)[C@@H](O)CCl. The first-order chi connectivity index (χ1) is 9.38. The summed E-state index contributed by atoms with van der Waals surface area (Å²) in [6.45, 7) is 5.98. The molecule has 4 heteroatoms. The number of hydrogen-bond donors (Lipinski definition) is 2. The van der Waals surface area contributed by atoms with Crippen LogP contribution in [0.1, 0.15) is 26.3 Å². The van der Waals surface area contributed by atoms with Crippen molar-refractivity contribution in [3.05, 3.63) is 35.9 Å². The highest BCUT2D eigenvalue weighted by molar-refractivity contribution is 6.18. The van der Waals surface area contributed by atoms with Crippen LogP contribution in [0.3, 0.4) is 0 Å². The minimum absolute atomic E-state index is 0.139. The van der Waals surface area contributed by atoms with Crippen LogP contribution in [0.25, 0.3) is 0 Å². The summed E-state index contributed by atoms with van der Waals surface area (Å²) in [5, 5.41) is 13.3. The zero-order chi connectivity index (χ0) is 15.2. The molecule has 112 valence electrons. The predicted molar refractivity (Wildman–Crippen MR) is 83.1 cm³/mol. The number of aliphatic hydroxyl groups is 1. The van der Waals surface area contributed by atoms with E-state index in [2.05, 4.69) is 5.32 Å². The van der Waals surface area contributed by atoms with Crippen LogP contribution in [-0.2, 0) is 11.2 Å². The highest BCUT2D eigenvalue weighted by Gasteiger charge is 2.29. The van der Waals surface area contributed by atoms with Crippen LogP contribution in [0.15, 0.2) is 30.3 Å². The molecule has 0 spiro atoms. The van der Waals surface area contributed by atoms with Gasteiger partial charge in [-0.25, -0.2) is 0 Å². The first kappa shape index (κ1) is 17.2. The van der Waals surface area contributed by atoms with Crippen LogP contribution in [-0.4, -0.2) is 35.5 Å². The van der Waals surface area contributed by atoms with Gasteiger partial charge in [0.15, 0.2) is 0 Å². The zero-order valence-electron chi connectivity index (χ0n) is 12.3. The number of aliphatic hydroxyl groups excluding tert-OH is 1. The van der Waals surface area contributed by atoms with Gasteiger partial charge in [-0.15, -0.1) is 11.6 Å². The monoisotopic (exact) mass is 297 g/mol. The number of hydrogen-bond acceptors (Lipinski definition) is 3. The molecule has 0 heterocycles. The predicted octanol–water partition coefficient (Wildman–Crippen LogP) is 2.40. The normalized spacial score (nSPS) is 16.4. The molecule has 0 saturated carbocycles. The summed E-state index contributed by atoms with van der Waals surface area (Å²) < 4.78 is 0. The van der Waals surface area contributed by atoms with Crippen LogP contribution in [0.5, 0.6) is 0 Å². The molecule has 1 aromatic rings. The second-order valence-corrected chi connectivity index (χ2v) is 6.47. The van der Waals surface area contributed by atoms with E-state index in [9.17, 15) is 9.90 Å². The number of carbonyl (C=O) groups is 1. The fourth-order valence-corrected chi connectivity index (χ4v) is 2.22. The summed E-state index contributed by atoms with van der Waals surface area (Å²) in [6.07, 6.45) is 0.843. The average Bonchev–Trinajstić information content (AvgIpc) is 2.42. The third-order valence-electron chi connectivity index (χ3n) is 3.38. The molecular weight excluding hydrogens is 274 g/mol. The van der Waals surface area contributed by atoms with E-state index in [0.29, 0.717) is 6.42 Å². The van der Waals surface area contributed by atoms with E-state index < -0.39 is 6.10 Å². The van der Waals surface area contributed by atoms with Crippen molar-refractivity contribution < 1.29 is 9.90 Å². The van der Waals surface area contributed by atoms with Gasteiger partial charge in [0.2, 0.25) is 0 Å². The standard InChI is InChI=1S/C16H24ClNO2/c1-16(2,3)15(11-19)18-13(14(20)10-17)9-12-7-5-4-6-8-12/h4-8,11,13-15,18,20H,9-10H2,1-3H3/t13-,14-,15?/m0/s1. The maximum absolute atomic E-state index is 11.3. The van der Waals surface area contributed by atoms with Crippen LogP contribution < -0.4 is 5.32 Å². The van der Waals surface area contributed by atoms with E-state index in [1.54, 1.807) is 0 Å². The molecule has 0 aromatic heterocycles. The first-order valence-electron chi connectivity index (χ1n) is 6.87. The van der Waals surface area contributed by atoms with Crippen molar-refractivity contribution >= 4 is 17.9 Å². The van der Waals surface area contributed by atoms with Gasteiger partial charge >= 0.3 is 0 Å². The molecule has 1 aromatic carbocycles. The Hall–Kier alpha value is -0.900. The van der Waals surface area contributed by atoms with Gasteiger partial charge in [-0.3, -0.25) is 0 Å². The average molecular weight is 298 g/mol. The molecule has 0 saturated heterocycles. The highest BCUT2D eigenvalue weighted by atomic mass is 35.5. The summed E-state index contributed by atoms with van der Waals surface area (Å²) >= 11 is 5.78. The van der Waals surface area contributed by atoms with Crippen molar-refractivity contribution in [1.82, 2.24) is 5.32 Å². The Morgan fingerprint density at radius 3 is 2.35 bits per heavy atom. The molecular formula is C16H24ClNO2. The molecule has 3 nitrogen and oxygen atoms in total. The lowest BCUT2D eigenvalue weighted by Gasteiger charge is -2.33. The summed E-state index contributed by atoms with van der Waals surface area (Å²) in [5.74, 6) is 0.139. The van der Waals surface area contributed by atoms with E-state index in [1.165, 1.54) is 0 Å². The summed E-state index contributed by atoms with van der Waals surface area (Å²) in [7, 11) is 0. The fourth-order valence-electron chi connectivity index (χ4n) is 2.01. The minimum Gasteiger partial charge on any atom is -0.390 e. The van der Waals surface area contributed by atoms with Crippen LogP contribution >= 0.6 is 11.6 Å². The molecule has 1 unspecified atom stereocenters. The lowest BCUT2D eigenvalue weighted by atomic mass is 9.86. The maximum Gasteiger partial charge on any atom is 0.137 e. The molecule has 1 rings (SSSR count). The Balaban J connectivity index is 2.82. The number of halogens is 1. The first-order valence-corrected chi connectivity index (χ1v) is 7.41. The molecule has 0 amide bonds. The van der Waals surface area contributed by atoms with Gasteiger partial charge in [0, 0.05) is 11.9 Å². The Bertz CT molecular complexity index is 403. The number of aldehydes is 1. The molecule has 0 aliphatic rings. The van der Waals surface area contributed by atoms with Crippen molar-refractivity contribution in [2.75, 3.05) is 5.88 Å². The summed E-state index contributed by atoms with van der Waals surface area (Å²) in [5.41, 5.74) is 0.899. The van der Waals surface area contributed by atoms with Gasteiger partial charge in [0.05, 0.1) is 12.1 Å². The van der Waals surface area contributed by atoms with E-state index in [-0.39, 0.29) is 23.4 Å². The van der Waals surface area contributed by atoms with Gasteiger partial charge in [0.1, 0.15) is 6.29 Å². The molecule has 0 radical (unpaired) electrons. The third kappa shape index (κ3) is 5.23. The summed E-state index contributed by atoms with van der Waals surface area (Å²) in [6, 6.07) is 9.30. The fraction of sp³-hybridized carbons (Fsp3) is 0.562. The van der Waals surface area contributed by atoms with Crippen LogP contribution in [0, 0.1) is 5.41 Å². The van der Waals surface area contributed by atoms with E-state index in [1.807, 2.05) is 51.1 Å². The Morgan fingerprint density at radius 2 is 1.90 bits per heavy atom. The quantitative estimate of drug-likeness (QED) is 0.600. The third-order valence-corrected chi connectivity index (χ3v) is 3.70. The molecule has 0 bridgehead atoms. The van der Waals surface area contributed by atoms with Crippen molar-refractivity contribution in [1.29, 1.82) is 0 Å². The van der Waals surface area contributed by atoms with Crippen molar-refractivity contribution in [3.63, 3.8) is 0 Å². The molecule has 0 aliphatic carbocycles. The number of benzene rings is 1. The second-order valence-electron chi connectivity index (χ2n) is 6.16. The van der Waals surface area contributed by atoms with Gasteiger partial charge in [-0.1, -0.05) is 51.1 Å². The number of alkyl halides is 1. The molecule has 3 atom stereocenters.